The highest BCUT2D eigenvalue weighted by molar-refractivity contribution is 5.95. The number of piperazine rings is 1. The van der Waals surface area contributed by atoms with Gasteiger partial charge in [0.15, 0.2) is 6.29 Å². The first-order valence-corrected chi connectivity index (χ1v) is 17.2. The minimum Gasteiger partial charge on any atom is -0.488 e. The molecule has 3 aliphatic rings. The molecule has 13 heteroatoms. The molecule has 3 aliphatic heterocycles. The second-order valence-corrected chi connectivity index (χ2v) is 13.3. The Hall–Kier alpha value is -4.75. The van der Waals surface area contributed by atoms with E-state index in [2.05, 4.69) is 64.9 Å². The number of carbonyl (C=O) groups excluding carboxylic acids is 1. The van der Waals surface area contributed by atoms with Gasteiger partial charge in [0.2, 0.25) is 0 Å². The van der Waals surface area contributed by atoms with Crippen molar-refractivity contribution in [2.75, 3.05) is 60.6 Å². The zero-order valence-corrected chi connectivity index (χ0v) is 28.6. The fourth-order valence-corrected chi connectivity index (χ4v) is 7.21. The fraction of sp³-hybridized carbons (Fsp3) is 0.432. The van der Waals surface area contributed by atoms with E-state index in [9.17, 15) is 13.6 Å². The number of aromatic nitrogens is 3. The monoisotopic (exact) mass is 687 g/mol. The summed E-state index contributed by atoms with van der Waals surface area (Å²) in [4.78, 5) is 25.7. The molecule has 2 amide bonds. The van der Waals surface area contributed by atoms with Crippen LogP contribution in [-0.4, -0.2) is 90.0 Å². The molecule has 3 fully saturated rings. The molecule has 0 radical (unpaired) electrons. The predicted molar refractivity (Wildman–Crippen MR) is 185 cm³/mol. The largest absolute Gasteiger partial charge is 0.488 e. The van der Waals surface area contributed by atoms with Crippen LogP contribution in [0.15, 0.2) is 79.4 Å². The highest BCUT2D eigenvalue weighted by atomic mass is 19.1. The molecule has 3 atom stereocenters. The average Bonchev–Trinajstić information content (AvgIpc) is 3.87. The topological polar surface area (TPSA) is 88.4 Å². The van der Waals surface area contributed by atoms with E-state index in [1.807, 2.05) is 34.1 Å². The van der Waals surface area contributed by atoms with Crippen molar-refractivity contribution in [2.24, 2.45) is 0 Å². The van der Waals surface area contributed by atoms with Crippen LogP contribution >= 0.6 is 0 Å². The van der Waals surface area contributed by atoms with Crippen molar-refractivity contribution in [2.45, 2.75) is 57.7 Å². The SMILES string of the molecule is CCC1CN(c2ccc(N3CCN(c4ccc(OC[C@H]5OC[C@](Cn6cncn6)(c6ccc(F)cc6F)O5)cc4)CC3)cc2)C(=O)N1C(C)C. The Balaban J connectivity index is 0.915. The Morgan fingerprint density at radius 2 is 1.60 bits per heavy atom. The van der Waals surface area contributed by atoms with Gasteiger partial charge in [-0.2, -0.15) is 5.10 Å². The van der Waals surface area contributed by atoms with Gasteiger partial charge in [-0.05, 0) is 74.9 Å². The van der Waals surface area contributed by atoms with E-state index in [1.165, 1.54) is 29.5 Å². The summed E-state index contributed by atoms with van der Waals surface area (Å²) in [5, 5.41) is 4.13. The maximum absolute atomic E-state index is 14.9. The van der Waals surface area contributed by atoms with Crippen LogP contribution in [0.3, 0.4) is 0 Å². The second-order valence-electron chi connectivity index (χ2n) is 13.3. The van der Waals surface area contributed by atoms with Gasteiger partial charge in [0, 0.05) is 67.5 Å². The van der Waals surface area contributed by atoms with E-state index < -0.39 is 23.5 Å². The molecule has 264 valence electrons. The molecule has 50 heavy (non-hydrogen) atoms. The first kappa shape index (κ1) is 33.7. The van der Waals surface area contributed by atoms with Gasteiger partial charge in [-0.15, -0.1) is 0 Å². The van der Waals surface area contributed by atoms with Gasteiger partial charge < -0.3 is 28.9 Å². The summed E-state index contributed by atoms with van der Waals surface area (Å²) in [7, 11) is 0. The Morgan fingerprint density at radius 1 is 0.940 bits per heavy atom. The number of benzene rings is 3. The summed E-state index contributed by atoms with van der Waals surface area (Å²) in [6.07, 6.45) is 3.06. The van der Waals surface area contributed by atoms with Crippen LogP contribution in [0.5, 0.6) is 5.75 Å². The maximum atomic E-state index is 14.9. The fourth-order valence-electron chi connectivity index (χ4n) is 7.21. The van der Waals surface area contributed by atoms with Gasteiger partial charge in [0.1, 0.15) is 42.2 Å². The van der Waals surface area contributed by atoms with Crippen LogP contribution in [0.1, 0.15) is 32.8 Å². The van der Waals surface area contributed by atoms with Crippen molar-refractivity contribution in [1.29, 1.82) is 0 Å². The minimum atomic E-state index is -1.23. The Labute approximate surface area is 290 Å². The van der Waals surface area contributed by atoms with Crippen LogP contribution in [-0.2, 0) is 21.6 Å². The molecule has 0 spiro atoms. The average molecular weight is 688 g/mol. The lowest BCUT2D eigenvalue weighted by Gasteiger charge is -2.37. The molecular formula is C37H43F2N7O4. The summed E-state index contributed by atoms with van der Waals surface area (Å²) in [6, 6.07) is 20.2. The quantitative estimate of drug-likeness (QED) is 0.200. The second kappa shape index (κ2) is 14.2. The Kier molecular flexibility index (Phi) is 9.60. The van der Waals surface area contributed by atoms with Gasteiger partial charge in [-0.25, -0.2) is 23.2 Å². The molecule has 1 aromatic heterocycles. The van der Waals surface area contributed by atoms with Gasteiger partial charge in [0.25, 0.3) is 0 Å². The van der Waals surface area contributed by atoms with Gasteiger partial charge >= 0.3 is 6.03 Å². The van der Waals surface area contributed by atoms with E-state index in [1.54, 1.807) is 0 Å². The molecule has 0 N–H and O–H groups in total. The molecule has 0 aliphatic carbocycles. The zero-order valence-electron chi connectivity index (χ0n) is 28.6. The molecule has 0 bridgehead atoms. The van der Waals surface area contributed by atoms with E-state index >= 15 is 0 Å². The molecule has 0 saturated carbocycles. The lowest BCUT2D eigenvalue weighted by molar-refractivity contribution is -0.117. The number of nitrogens with zero attached hydrogens (tertiary/aromatic N) is 7. The first-order valence-electron chi connectivity index (χ1n) is 17.2. The third-order valence-electron chi connectivity index (χ3n) is 9.83. The number of hydrogen-bond acceptors (Lipinski definition) is 8. The highest BCUT2D eigenvalue weighted by Crippen LogP contribution is 2.37. The van der Waals surface area contributed by atoms with Gasteiger partial charge in [-0.1, -0.05) is 13.0 Å². The number of carbonyl (C=O) groups is 1. The molecular weight excluding hydrogens is 644 g/mol. The number of amides is 2. The van der Waals surface area contributed by atoms with Gasteiger partial charge in [0.05, 0.1) is 19.2 Å². The lowest BCUT2D eigenvalue weighted by Crippen LogP contribution is -2.46. The normalized spacial score (nSPS) is 22.6. The molecule has 1 unspecified atom stereocenters. The summed E-state index contributed by atoms with van der Waals surface area (Å²) in [5.74, 6) is -0.736. The van der Waals surface area contributed by atoms with E-state index in [0.29, 0.717) is 5.75 Å². The molecule has 7 rings (SSSR count). The number of ether oxygens (including phenoxy) is 3. The van der Waals surface area contributed by atoms with Crippen molar-refractivity contribution < 1.29 is 27.8 Å². The summed E-state index contributed by atoms with van der Waals surface area (Å²) in [6.45, 7) is 10.8. The van der Waals surface area contributed by atoms with E-state index in [0.717, 1.165) is 62.3 Å². The number of urea groups is 1. The maximum Gasteiger partial charge on any atom is 0.325 e. The number of rotatable bonds is 11. The molecule has 3 aromatic carbocycles. The smallest absolute Gasteiger partial charge is 0.325 e. The van der Waals surface area contributed by atoms with Crippen LogP contribution in [0.2, 0.25) is 0 Å². The van der Waals surface area contributed by atoms with Crippen LogP contribution < -0.4 is 19.4 Å². The van der Waals surface area contributed by atoms with Crippen LogP contribution in [0.4, 0.5) is 30.6 Å². The number of hydrogen-bond donors (Lipinski definition) is 0. The third kappa shape index (κ3) is 6.84. The molecule has 4 heterocycles. The summed E-state index contributed by atoms with van der Waals surface area (Å²) >= 11 is 0. The lowest BCUT2D eigenvalue weighted by atomic mass is 9.94. The van der Waals surface area contributed by atoms with E-state index in [-0.39, 0.29) is 43.4 Å². The first-order chi connectivity index (χ1) is 24.2. The Bertz CT molecular complexity index is 1750. The predicted octanol–water partition coefficient (Wildman–Crippen LogP) is 5.66. The van der Waals surface area contributed by atoms with E-state index in [4.69, 9.17) is 14.2 Å². The highest BCUT2D eigenvalue weighted by Gasteiger charge is 2.46. The van der Waals surface area contributed by atoms with Crippen LogP contribution in [0.25, 0.3) is 0 Å². The Morgan fingerprint density at radius 3 is 2.18 bits per heavy atom. The summed E-state index contributed by atoms with van der Waals surface area (Å²) in [5.41, 5.74) is 2.15. The zero-order chi connectivity index (χ0) is 34.8. The minimum absolute atomic E-state index is 0.0348. The van der Waals surface area contributed by atoms with Gasteiger partial charge in [-0.3, -0.25) is 4.90 Å². The molecule has 3 saturated heterocycles. The number of anilines is 3. The molecule has 4 aromatic rings. The van der Waals surface area contributed by atoms with Crippen molar-refractivity contribution in [1.82, 2.24) is 19.7 Å². The molecule has 11 nitrogen and oxygen atoms in total. The van der Waals surface area contributed by atoms with Crippen molar-refractivity contribution >= 4 is 23.1 Å². The standard InChI is InChI=1S/C37H43F2N7O4/c1-4-28-20-45(36(47)46(28)26(2)3)31-8-6-29(7-9-31)42-15-17-43(18-16-42)30-10-12-32(13-11-30)48-21-35-49-23-37(50-35,22-44-25-40-24-41-44)33-14-5-27(38)19-34(33)39/h5-14,19,24-26,28,35H,4,15-18,20-23H2,1-3H3/t28?,35-,37+/m0/s1. The number of halogens is 2. The third-order valence-corrected chi connectivity index (χ3v) is 9.83. The summed E-state index contributed by atoms with van der Waals surface area (Å²) < 4.78 is 48.3. The van der Waals surface area contributed by atoms with Crippen LogP contribution in [0, 0.1) is 11.6 Å². The van der Waals surface area contributed by atoms with Crippen molar-refractivity contribution in [3.8, 4) is 5.75 Å². The van der Waals surface area contributed by atoms with Crippen molar-refractivity contribution in [3.05, 3.63) is 96.6 Å². The van der Waals surface area contributed by atoms with Crippen molar-refractivity contribution in [3.63, 3.8) is 0 Å².